The van der Waals surface area contributed by atoms with E-state index in [1.807, 2.05) is 0 Å². The molecular weight excluding hydrogens is 227 g/mol. The lowest BCUT2D eigenvalue weighted by molar-refractivity contribution is -0.283. The molecule has 0 radical (unpaired) electrons. The molecule has 0 spiro atoms. The minimum Gasteiger partial charge on any atom is -0.305 e. The molecule has 0 aromatic rings. The van der Waals surface area contributed by atoms with Crippen LogP contribution in [0.5, 0.6) is 0 Å². The molecular formula is C4H2Cl2F4O2. The van der Waals surface area contributed by atoms with Crippen molar-refractivity contribution < 1.29 is 27.0 Å². The van der Waals surface area contributed by atoms with Crippen LogP contribution in [0.2, 0.25) is 0 Å². The van der Waals surface area contributed by atoms with E-state index < -0.39 is 23.3 Å². The van der Waals surface area contributed by atoms with E-state index in [9.17, 15) is 17.6 Å². The van der Waals surface area contributed by atoms with Gasteiger partial charge in [0.25, 0.3) is 17.2 Å². The minimum absolute atomic E-state index is 2.51. The Balaban J connectivity index is 2.67. The summed E-state index contributed by atoms with van der Waals surface area (Å²) in [6.45, 7) is 0. The van der Waals surface area contributed by atoms with Crippen molar-refractivity contribution in [2.24, 2.45) is 0 Å². The normalized spacial score (nSPS) is 35.5. The van der Waals surface area contributed by atoms with Gasteiger partial charge in [-0.05, 0) is 0 Å². The third kappa shape index (κ3) is 1.93. The lowest BCUT2D eigenvalue weighted by atomic mass is 10.6. The molecule has 8 heteroatoms. The molecule has 0 aliphatic carbocycles. The molecule has 1 heterocycles. The Morgan fingerprint density at radius 2 is 1.75 bits per heavy atom. The molecule has 0 amide bonds. The zero-order valence-corrected chi connectivity index (χ0v) is 6.75. The summed E-state index contributed by atoms with van der Waals surface area (Å²) >= 11 is 9.92. The van der Waals surface area contributed by atoms with Gasteiger partial charge in [0, 0.05) is 0 Å². The van der Waals surface area contributed by atoms with Gasteiger partial charge in [-0.3, -0.25) is 0 Å². The highest BCUT2D eigenvalue weighted by Gasteiger charge is 2.58. The molecule has 1 aliphatic heterocycles. The maximum Gasteiger partial charge on any atom is 0.440 e. The number of hydrogen-bond acceptors (Lipinski definition) is 2. The van der Waals surface area contributed by atoms with Crippen LogP contribution in [-0.2, 0) is 9.47 Å². The van der Waals surface area contributed by atoms with E-state index in [1.165, 1.54) is 0 Å². The fourth-order valence-electron chi connectivity index (χ4n) is 0.556. The predicted molar refractivity (Wildman–Crippen MR) is 31.3 cm³/mol. The van der Waals surface area contributed by atoms with Gasteiger partial charge in [0.1, 0.15) is 0 Å². The minimum atomic E-state index is -4.84. The van der Waals surface area contributed by atoms with Gasteiger partial charge in [0.2, 0.25) is 0 Å². The zero-order chi connectivity index (χ0) is 9.57. The quantitative estimate of drug-likeness (QED) is 0.468. The third-order valence-electron chi connectivity index (χ3n) is 1.04. The highest BCUT2D eigenvalue weighted by molar-refractivity contribution is 6.47. The summed E-state index contributed by atoms with van der Waals surface area (Å²) in [7, 11) is 0. The second-order valence-corrected chi connectivity index (χ2v) is 3.32. The molecule has 1 saturated heterocycles. The molecule has 1 rings (SSSR count). The molecule has 0 bridgehead atoms. The van der Waals surface area contributed by atoms with Gasteiger partial charge in [0.05, 0.1) is 0 Å². The van der Waals surface area contributed by atoms with Crippen molar-refractivity contribution in [2.75, 3.05) is 0 Å². The van der Waals surface area contributed by atoms with Crippen molar-refractivity contribution in [1.29, 1.82) is 0 Å². The molecule has 0 N–H and O–H groups in total. The Bertz CT molecular complexity index is 182. The zero-order valence-electron chi connectivity index (χ0n) is 5.24. The van der Waals surface area contributed by atoms with Crippen LogP contribution in [0.15, 0.2) is 0 Å². The monoisotopic (exact) mass is 228 g/mol. The largest absolute Gasteiger partial charge is 0.440 e. The van der Waals surface area contributed by atoms with Gasteiger partial charge in [-0.15, -0.1) is 0 Å². The van der Waals surface area contributed by atoms with Crippen LogP contribution in [-0.4, -0.2) is 23.3 Å². The van der Waals surface area contributed by atoms with Crippen LogP contribution in [0.1, 0.15) is 0 Å². The van der Waals surface area contributed by atoms with E-state index in [0.29, 0.717) is 0 Å². The fourth-order valence-corrected chi connectivity index (χ4v) is 0.820. The second-order valence-electron chi connectivity index (χ2n) is 2.01. The summed E-state index contributed by atoms with van der Waals surface area (Å²) in [6, 6.07) is 0. The van der Waals surface area contributed by atoms with Crippen LogP contribution in [0.3, 0.4) is 0 Å². The molecule has 2 nitrogen and oxygen atoms in total. The SMILES string of the molecule is FC1OC(C(F)(F)F)OC1(Cl)Cl. The number of hydrogen-bond donors (Lipinski definition) is 0. The standard InChI is InChI=1S/C4H2Cl2F4O2/c5-3(6)1(7)11-2(12-3)4(8,9)10/h1-2H. The van der Waals surface area contributed by atoms with Crippen molar-refractivity contribution in [2.45, 2.75) is 23.3 Å². The topological polar surface area (TPSA) is 18.5 Å². The lowest BCUT2D eigenvalue weighted by Crippen LogP contribution is -2.30. The molecule has 0 aromatic heterocycles. The summed E-state index contributed by atoms with van der Waals surface area (Å²) in [6.07, 6.45) is -10.1. The number of ether oxygens (including phenoxy) is 2. The third-order valence-corrected chi connectivity index (χ3v) is 1.56. The molecule has 2 unspecified atom stereocenters. The Hall–Kier alpha value is 0.220. The number of halogens is 6. The van der Waals surface area contributed by atoms with Crippen LogP contribution in [0.25, 0.3) is 0 Å². The second kappa shape index (κ2) is 2.87. The van der Waals surface area contributed by atoms with Crippen LogP contribution in [0, 0.1) is 0 Å². The first-order chi connectivity index (χ1) is 5.23. The van der Waals surface area contributed by atoms with E-state index in [2.05, 4.69) is 9.47 Å². The number of alkyl halides is 6. The summed E-state index contributed by atoms with van der Waals surface area (Å²) in [4.78, 5) is 0. The molecule has 1 aliphatic rings. The molecule has 72 valence electrons. The van der Waals surface area contributed by atoms with Crippen molar-refractivity contribution in [3.63, 3.8) is 0 Å². The van der Waals surface area contributed by atoms with Gasteiger partial charge in [-0.2, -0.15) is 13.2 Å². The van der Waals surface area contributed by atoms with Crippen LogP contribution < -0.4 is 0 Å². The first kappa shape index (κ1) is 10.3. The summed E-state index contributed by atoms with van der Waals surface area (Å²) in [5.41, 5.74) is 0. The first-order valence-electron chi connectivity index (χ1n) is 2.65. The Labute approximate surface area is 74.3 Å². The number of rotatable bonds is 0. The molecule has 1 fully saturated rings. The van der Waals surface area contributed by atoms with Gasteiger partial charge in [-0.25, -0.2) is 4.39 Å². The molecule has 0 saturated carbocycles. The van der Waals surface area contributed by atoms with Crippen molar-refractivity contribution in [3.05, 3.63) is 0 Å². The fraction of sp³-hybridized carbons (Fsp3) is 1.00. The average Bonchev–Trinajstić information content (AvgIpc) is 2.06. The first-order valence-corrected chi connectivity index (χ1v) is 3.41. The van der Waals surface area contributed by atoms with Gasteiger partial charge < -0.3 is 9.47 Å². The molecule has 2 atom stereocenters. The van der Waals surface area contributed by atoms with E-state index in [4.69, 9.17) is 23.2 Å². The highest BCUT2D eigenvalue weighted by atomic mass is 35.5. The summed E-state index contributed by atoms with van der Waals surface area (Å²) in [5, 5.41) is 0. The average molecular weight is 229 g/mol. The smallest absolute Gasteiger partial charge is 0.305 e. The van der Waals surface area contributed by atoms with E-state index >= 15 is 0 Å². The van der Waals surface area contributed by atoms with E-state index in [-0.39, 0.29) is 0 Å². The highest BCUT2D eigenvalue weighted by Crippen LogP contribution is 2.43. The summed E-state index contributed by atoms with van der Waals surface area (Å²) in [5.74, 6) is 0. The molecule has 0 aromatic carbocycles. The van der Waals surface area contributed by atoms with Crippen LogP contribution in [0.4, 0.5) is 17.6 Å². The molecule has 12 heavy (non-hydrogen) atoms. The van der Waals surface area contributed by atoms with E-state index in [0.717, 1.165) is 0 Å². The van der Waals surface area contributed by atoms with Gasteiger partial charge in [-0.1, -0.05) is 23.2 Å². The maximum atomic E-state index is 12.4. The van der Waals surface area contributed by atoms with Crippen molar-refractivity contribution >= 4 is 23.2 Å². The Morgan fingerprint density at radius 1 is 1.25 bits per heavy atom. The summed E-state index contributed by atoms with van der Waals surface area (Å²) < 4.78 is 52.5. The van der Waals surface area contributed by atoms with Gasteiger partial charge >= 0.3 is 6.18 Å². The predicted octanol–water partition coefficient (Wildman–Crippen LogP) is 2.35. The Morgan fingerprint density at radius 3 is 1.92 bits per heavy atom. The van der Waals surface area contributed by atoms with Crippen LogP contribution >= 0.6 is 23.2 Å². The lowest BCUT2D eigenvalue weighted by Gasteiger charge is -2.13. The van der Waals surface area contributed by atoms with Crippen molar-refractivity contribution in [1.82, 2.24) is 0 Å². The van der Waals surface area contributed by atoms with Crippen molar-refractivity contribution in [3.8, 4) is 0 Å². The Kier molecular flexibility index (Phi) is 2.46. The maximum absolute atomic E-state index is 12.4. The van der Waals surface area contributed by atoms with Gasteiger partial charge in [0.15, 0.2) is 0 Å². The van der Waals surface area contributed by atoms with E-state index in [1.54, 1.807) is 0 Å².